The SMILES string of the molecule is Cc1ccn2c(F)c(C(=O)N3CCC4(CCCN(CCO)C4=O)C3)nc2c1. The zero-order valence-corrected chi connectivity index (χ0v) is 15.3. The van der Waals surface area contributed by atoms with Crippen molar-refractivity contribution in [3.8, 4) is 0 Å². The average molecular weight is 374 g/mol. The highest BCUT2D eigenvalue weighted by molar-refractivity contribution is 5.94. The first-order chi connectivity index (χ1) is 12.9. The highest BCUT2D eigenvalue weighted by Crippen LogP contribution is 2.40. The van der Waals surface area contributed by atoms with E-state index in [2.05, 4.69) is 4.98 Å². The molecular formula is C19H23FN4O3. The third-order valence-electron chi connectivity index (χ3n) is 5.76. The van der Waals surface area contributed by atoms with Crippen molar-refractivity contribution in [3.05, 3.63) is 35.5 Å². The van der Waals surface area contributed by atoms with Crippen LogP contribution in [0.3, 0.4) is 0 Å². The lowest BCUT2D eigenvalue weighted by Gasteiger charge is -2.39. The number of hydrogen-bond acceptors (Lipinski definition) is 4. The lowest BCUT2D eigenvalue weighted by atomic mass is 9.78. The molecule has 2 saturated heterocycles. The minimum atomic E-state index is -0.673. The fraction of sp³-hybridized carbons (Fsp3) is 0.526. The lowest BCUT2D eigenvalue weighted by molar-refractivity contribution is -0.146. The normalized spacial score (nSPS) is 23.0. The van der Waals surface area contributed by atoms with Gasteiger partial charge in [0, 0.05) is 32.4 Å². The van der Waals surface area contributed by atoms with Gasteiger partial charge in [0.25, 0.3) is 5.91 Å². The molecule has 0 aromatic carbocycles. The molecule has 0 radical (unpaired) electrons. The van der Waals surface area contributed by atoms with Gasteiger partial charge in [-0.3, -0.25) is 14.0 Å². The molecule has 8 heteroatoms. The molecule has 27 heavy (non-hydrogen) atoms. The molecule has 2 aliphatic heterocycles. The molecule has 2 amide bonds. The first-order valence-corrected chi connectivity index (χ1v) is 9.29. The van der Waals surface area contributed by atoms with Gasteiger partial charge in [-0.2, -0.15) is 4.39 Å². The topological polar surface area (TPSA) is 78.1 Å². The summed E-state index contributed by atoms with van der Waals surface area (Å²) in [4.78, 5) is 33.2. The maximum absolute atomic E-state index is 14.7. The Morgan fingerprint density at radius 1 is 1.37 bits per heavy atom. The number of aliphatic hydroxyl groups excluding tert-OH is 1. The molecule has 0 bridgehead atoms. The van der Waals surface area contributed by atoms with Crippen LogP contribution in [-0.4, -0.2) is 68.9 Å². The van der Waals surface area contributed by atoms with Crippen LogP contribution in [0.2, 0.25) is 0 Å². The van der Waals surface area contributed by atoms with Crippen molar-refractivity contribution in [1.29, 1.82) is 0 Å². The number of fused-ring (bicyclic) bond motifs is 1. The van der Waals surface area contributed by atoms with Crippen LogP contribution in [0.25, 0.3) is 5.65 Å². The molecule has 1 N–H and O–H groups in total. The number of aryl methyl sites for hydroxylation is 1. The van der Waals surface area contributed by atoms with Gasteiger partial charge in [0.15, 0.2) is 5.69 Å². The van der Waals surface area contributed by atoms with E-state index >= 15 is 0 Å². The molecule has 1 unspecified atom stereocenters. The van der Waals surface area contributed by atoms with Crippen LogP contribution >= 0.6 is 0 Å². The van der Waals surface area contributed by atoms with Gasteiger partial charge in [-0.05, 0) is 43.9 Å². The number of aliphatic hydroxyl groups is 1. The van der Waals surface area contributed by atoms with E-state index in [1.807, 2.05) is 6.92 Å². The van der Waals surface area contributed by atoms with Gasteiger partial charge < -0.3 is 14.9 Å². The van der Waals surface area contributed by atoms with E-state index < -0.39 is 17.3 Å². The molecule has 4 rings (SSSR count). The van der Waals surface area contributed by atoms with Gasteiger partial charge in [-0.25, -0.2) is 4.98 Å². The number of β-amino-alcohol motifs (C(OH)–C–C–N with tert-alkyl or cyclic N) is 1. The number of likely N-dealkylation sites (tertiary alicyclic amines) is 2. The Balaban J connectivity index is 1.58. The van der Waals surface area contributed by atoms with Gasteiger partial charge >= 0.3 is 0 Å². The smallest absolute Gasteiger partial charge is 0.277 e. The number of nitrogens with zero attached hydrogens (tertiary/aromatic N) is 4. The maximum Gasteiger partial charge on any atom is 0.277 e. The van der Waals surface area contributed by atoms with E-state index in [4.69, 9.17) is 5.11 Å². The van der Waals surface area contributed by atoms with Crippen molar-refractivity contribution >= 4 is 17.5 Å². The summed E-state index contributed by atoms with van der Waals surface area (Å²) in [6.07, 6.45) is 3.68. The second-order valence-electron chi connectivity index (χ2n) is 7.56. The molecule has 2 aromatic rings. The number of carbonyl (C=O) groups is 2. The van der Waals surface area contributed by atoms with Crippen molar-refractivity contribution in [3.63, 3.8) is 0 Å². The van der Waals surface area contributed by atoms with E-state index in [-0.39, 0.29) is 24.8 Å². The summed E-state index contributed by atoms with van der Waals surface area (Å²) in [6.45, 7) is 3.44. The quantitative estimate of drug-likeness (QED) is 0.877. The number of carbonyl (C=O) groups excluding carboxylic acids is 2. The van der Waals surface area contributed by atoms with Crippen LogP contribution in [0, 0.1) is 18.3 Å². The molecule has 4 heterocycles. The number of amides is 2. The maximum atomic E-state index is 14.7. The third-order valence-corrected chi connectivity index (χ3v) is 5.76. The Labute approximate surface area is 156 Å². The lowest BCUT2D eigenvalue weighted by Crippen LogP contribution is -2.51. The predicted molar refractivity (Wildman–Crippen MR) is 95.7 cm³/mol. The molecule has 1 spiro atoms. The van der Waals surface area contributed by atoms with Crippen molar-refractivity contribution < 1.29 is 19.1 Å². The van der Waals surface area contributed by atoms with Gasteiger partial charge in [-0.1, -0.05) is 0 Å². The van der Waals surface area contributed by atoms with E-state index in [9.17, 15) is 14.0 Å². The summed E-state index contributed by atoms with van der Waals surface area (Å²) >= 11 is 0. The Morgan fingerprint density at radius 2 is 2.19 bits per heavy atom. The summed E-state index contributed by atoms with van der Waals surface area (Å²) < 4.78 is 16.0. The number of rotatable bonds is 3. The molecule has 2 aromatic heterocycles. The van der Waals surface area contributed by atoms with Crippen molar-refractivity contribution in [2.24, 2.45) is 5.41 Å². The molecule has 1 atom stereocenters. The average Bonchev–Trinajstić information content (AvgIpc) is 3.21. The first kappa shape index (κ1) is 17.9. The zero-order valence-electron chi connectivity index (χ0n) is 15.3. The van der Waals surface area contributed by atoms with Crippen LogP contribution in [0.1, 0.15) is 35.3 Å². The monoisotopic (exact) mass is 374 g/mol. The predicted octanol–water partition coefficient (Wildman–Crippen LogP) is 1.23. The fourth-order valence-electron chi connectivity index (χ4n) is 4.31. The Bertz CT molecular complexity index is 910. The molecule has 0 saturated carbocycles. The van der Waals surface area contributed by atoms with E-state index in [0.29, 0.717) is 38.1 Å². The van der Waals surface area contributed by atoms with Gasteiger partial charge in [0.05, 0.1) is 12.0 Å². The standard InChI is InChI=1S/C19H23FN4O3/c1-13-3-7-24-14(11-13)21-15(16(24)20)17(26)23-8-5-19(12-23)4-2-6-22(9-10-25)18(19)27/h3,7,11,25H,2,4-6,8-10,12H2,1H3. The first-order valence-electron chi connectivity index (χ1n) is 9.29. The van der Waals surface area contributed by atoms with Crippen LogP contribution in [0.15, 0.2) is 18.3 Å². The molecule has 7 nitrogen and oxygen atoms in total. The number of piperidine rings is 1. The minimum Gasteiger partial charge on any atom is -0.395 e. The largest absolute Gasteiger partial charge is 0.395 e. The molecule has 2 aliphatic rings. The van der Waals surface area contributed by atoms with Gasteiger partial charge in [0.1, 0.15) is 5.65 Å². The summed E-state index contributed by atoms with van der Waals surface area (Å²) in [7, 11) is 0. The molecule has 144 valence electrons. The highest BCUT2D eigenvalue weighted by Gasteiger charge is 2.49. The molecule has 0 aliphatic carbocycles. The Hall–Kier alpha value is -2.48. The van der Waals surface area contributed by atoms with E-state index in [0.717, 1.165) is 12.0 Å². The van der Waals surface area contributed by atoms with Crippen LogP contribution in [-0.2, 0) is 4.79 Å². The minimum absolute atomic E-state index is 0.0100. The number of imidazole rings is 1. The summed E-state index contributed by atoms with van der Waals surface area (Å²) in [5.74, 6) is -1.16. The summed E-state index contributed by atoms with van der Waals surface area (Å²) in [6, 6.07) is 3.48. The number of hydrogen-bond donors (Lipinski definition) is 1. The second-order valence-corrected chi connectivity index (χ2v) is 7.56. The highest BCUT2D eigenvalue weighted by atomic mass is 19.1. The number of halogens is 1. The summed E-state index contributed by atoms with van der Waals surface area (Å²) in [5, 5.41) is 9.16. The van der Waals surface area contributed by atoms with Crippen LogP contribution < -0.4 is 0 Å². The number of aromatic nitrogens is 2. The fourth-order valence-corrected chi connectivity index (χ4v) is 4.31. The van der Waals surface area contributed by atoms with Crippen LogP contribution in [0.5, 0.6) is 0 Å². The Kier molecular flexibility index (Phi) is 4.38. The van der Waals surface area contributed by atoms with Gasteiger partial charge in [0.2, 0.25) is 11.9 Å². The molecular weight excluding hydrogens is 351 g/mol. The van der Waals surface area contributed by atoms with E-state index in [1.54, 1.807) is 23.2 Å². The Morgan fingerprint density at radius 3 is 2.96 bits per heavy atom. The molecule has 2 fully saturated rings. The second kappa shape index (κ2) is 6.60. The van der Waals surface area contributed by atoms with Crippen molar-refractivity contribution in [1.82, 2.24) is 19.2 Å². The van der Waals surface area contributed by atoms with Crippen molar-refractivity contribution in [2.45, 2.75) is 26.2 Å². The summed E-state index contributed by atoms with van der Waals surface area (Å²) in [5.41, 5.74) is 0.513. The number of pyridine rings is 1. The van der Waals surface area contributed by atoms with Gasteiger partial charge in [-0.15, -0.1) is 0 Å². The van der Waals surface area contributed by atoms with E-state index in [1.165, 1.54) is 9.30 Å². The van der Waals surface area contributed by atoms with Crippen LogP contribution in [0.4, 0.5) is 4.39 Å². The van der Waals surface area contributed by atoms with Crippen molar-refractivity contribution in [2.75, 3.05) is 32.8 Å². The third kappa shape index (κ3) is 2.88. The zero-order chi connectivity index (χ0) is 19.2.